The molecule has 2 aliphatic rings. The van der Waals surface area contributed by atoms with Gasteiger partial charge in [0.05, 0.1) is 6.61 Å². The van der Waals surface area contributed by atoms with E-state index in [4.69, 9.17) is 15.2 Å². The van der Waals surface area contributed by atoms with E-state index in [1.807, 2.05) is 12.1 Å². The zero-order valence-corrected chi connectivity index (χ0v) is 9.26. The maximum atomic E-state index is 6.26. The highest BCUT2D eigenvalue weighted by molar-refractivity contribution is 5.37. The second-order valence-corrected chi connectivity index (χ2v) is 4.67. The van der Waals surface area contributed by atoms with Crippen molar-refractivity contribution in [2.75, 3.05) is 13.2 Å². The van der Waals surface area contributed by atoms with Crippen molar-refractivity contribution in [1.29, 1.82) is 0 Å². The van der Waals surface area contributed by atoms with Crippen molar-refractivity contribution >= 4 is 0 Å². The van der Waals surface area contributed by atoms with Gasteiger partial charge in [-0.25, -0.2) is 0 Å². The van der Waals surface area contributed by atoms with E-state index in [0.717, 1.165) is 31.8 Å². The first-order valence-electron chi connectivity index (χ1n) is 5.92. The van der Waals surface area contributed by atoms with E-state index in [-0.39, 0.29) is 12.1 Å². The third-order valence-corrected chi connectivity index (χ3v) is 3.61. The number of para-hydroxylation sites is 1. The highest BCUT2D eigenvalue weighted by Gasteiger charge is 2.34. The van der Waals surface area contributed by atoms with E-state index in [1.165, 1.54) is 5.56 Å². The predicted molar refractivity (Wildman–Crippen MR) is 61.5 cm³/mol. The highest BCUT2D eigenvalue weighted by Crippen LogP contribution is 2.31. The van der Waals surface area contributed by atoms with Crippen LogP contribution in [-0.4, -0.2) is 25.4 Å². The molecule has 0 aliphatic carbocycles. The first kappa shape index (κ1) is 10.1. The average Bonchev–Trinajstić information content (AvgIpc) is 2.97. The molecule has 3 unspecified atom stereocenters. The third-order valence-electron chi connectivity index (χ3n) is 3.61. The Labute approximate surface area is 95.5 Å². The molecule has 2 heterocycles. The molecular formula is C13H17NO2. The molecule has 1 aromatic carbocycles. The zero-order valence-electron chi connectivity index (χ0n) is 9.26. The van der Waals surface area contributed by atoms with Crippen LogP contribution in [0.5, 0.6) is 5.75 Å². The number of rotatable bonds is 2. The summed E-state index contributed by atoms with van der Waals surface area (Å²) < 4.78 is 11.3. The van der Waals surface area contributed by atoms with Crippen LogP contribution in [0.1, 0.15) is 12.0 Å². The molecule has 16 heavy (non-hydrogen) atoms. The van der Waals surface area contributed by atoms with Crippen molar-refractivity contribution in [3.05, 3.63) is 29.8 Å². The smallest absolute Gasteiger partial charge is 0.123 e. The number of hydrogen-bond donors (Lipinski definition) is 1. The molecular weight excluding hydrogens is 202 g/mol. The normalized spacial score (nSPS) is 29.8. The van der Waals surface area contributed by atoms with Gasteiger partial charge in [-0.1, -0.05) is 18.2 Å². The Balaban J connectivity index is 1.70. The molecule has 2 aliphatic heterocycles. The molecule has 1 aromatic rings. The Kier molecular flexibility index (Phi) is 2.58. The monoisotopic (exact) mass is 219 g/mol. The highest BCUT2D eigenvalue weighted by atomic mass is 16.5. The molecule has 3 atom stereocenters. The van der Waals surface area contributed by atoms with Gasteiger partial charge in [-0.15, -0.1) is 0 Å². The molecule has 1 fully saturated rings. The third kappa shape index (κ3) is 1.70. The van der Waals surface area contributed by atoms with Gasteiger partial charge in [0, 0.05) is 25.0 Å². The lowest BCUT2D eigenvalue weighted by Crippen LogP contribution is -2.44. The summed E-state index contributed by atoms with van der Waals surface area (Å²) in [5, 5.41) is 0. The maximum absolute atomic E-state index is 6.26. The van der Waals surface area contributed by atoms with E-state index in [0.29, 0.717) is 5.92 Å². The molecule has 2 N–H and O–H groups in total. The molecule has 0 saturated carbocycles. The summed E-state index contributed by atoms with van der Waals surface area (Å²) in [6.45, 7) is 1.63. The summed E-state index contributed by atoms with van der Waals surface area (Å²) in [5.41, 5.74) is 7.54. The van der Waals surface area contributed by atoms with Crippen LogP contribution in [0.15, 0.2) is 24.3 Å². The van der Waals surface area contributed by atoms with Gasteiger partial charge in [-0.3, -0.25) is 0 Å². The molecule has 0 spiro atoms. The van der Waals surface area contributed by atoms with Gasteiger partial charge in [-0.05, 0) is 18.1 Å². The van der Waals surface area contributed by atoms with Crippen LogP contribution >= 0.6 is 0 Å². The van der Waals surface area contributed by atoms with Gasteiger partial charge in [0.15, 0.2) is 0 Å². The van der Waals surface area contributed by atoms with Crippen molar-refractivity contribution in [1.82, 2.24) is 0 Å². The number of benzene rings is 1. The van der Waals surface area contributed by atoms with Crippen molar-refractivity contribution in [2.45, 2.75) is 25.0 Å². The minimum Gasteiger partial charge on any atom is -0.488 e. The van der Waals surface area contributed by atoms with Crippen molar-refractivity contribution in [3.63, 3.8) is 0 Å². The lowest BCUT2D eigenvalue weighted by molar-refractivity contribution is 0.139. The largest absolute Gasteiger partial charge is 0.488 e. The summed E-state index contributed by atoms with van der Waals surface area (Å²) >= 11 is 0. The fraction of sp³-hybridized carbons (Fsp3) is 0.538. The zero-order chi connectivity index (χ0) is 11.0. The van der Waals surface area contributed by atoms with E-state index < -0.39 is 0 Å². The summed E-state index contributed by atoms with van der Waals surface area (Å²) in [7, 11) is 0. The minimum atomic E-state index is 0.0925. The van der Waals surface area contributed by atoms with Gasteiger partial charge < -0.3 is 15.2 Å². The van der Waals surface area contributed by atoms with Gasteiger partial charge >= 0.3 is 0 Å². The average molecular weight is 219 g/mol. The second-order valence-electron chi connectivity index (χ2n) is 4.67. The first-order chi connectivity index (χ1) is 7.84. The van der Waals surface area contributed by atoms with Gasteiger partial charge in [0.25, 0.3) is 0 Å². The molecule has 0 radical (unpaired) electrons. The van der Waals surface area contributed by atoms with Gasteiger partial charge in [0.2, 0.25) is 0 Å². The Bertz CT molecular complexity index is 349. The van der Waals surface area contributed by atoms with E-state index in [9.17, 15) is 0 Å². The number of nitrogens with two attached hydrogens (primary N) is 1. The minimum absolute atomic E-state index is 0.0925. The molecule has 3 heteroatoms. The molecule has 3 nitrogen and oxygen atoms in total. The number of ether oxygens (including phenoxy) is 2. The van der Waals surface area contributed by atoms with Crippen molar-refractivity contribution in [3.8, 4) is 5.75 Å². The Morgan fingerprint density at radius 2 is 2.19 bits per heavy atom. The van der Waals surface area contributed by atoms with E-state index >= 15 is 0 Å². The molecule has 0 bridgehead atoms. The molecule has 86 valence electrons. The molecule has 3 rings (SSSR count). The Morgan fingerprint density at radius 1 is 1.31 bits per heavy atom. The molecule has 0 aromatic heterocycles. The van der Waals surface area contributed by atoms with E-state index in [1.54, 1.807) is 0 Å². The summed E-state index contributed by atoms with van der Waals surface area (Å²) in [5.74, 6) is 1.46. The Hall–Kier alpha value is -1.06. The SMILES string of the molecule is NC(C1CCOC1)C1Cc2ccccc2O1. The van der Waals surface area contributed by atoms with Gasteiger partial charge in [-0.2, -0.15) is 0 Å². The van der Waals surface area contributed by atoms with Crippen molar-refractivity contribution in [2.24, 2.45) is 11.7 Å². The van der Waals surface area contributed by atoms with Crippen LogP contribution in [0.3, 0.4) is 0 Å². The van der Waals surface area contributed by atoms with Crippen LogP contribution in [0.4, 0.5) is 0 Å². The lowest BCUT2D eigenvalue weighted by atomic mass is 9.93. The summed E-state index contributed by atoms with van der Waals surface area (Å²) in [6, 6.07) is 8.29. The van der Waals surface area contributed by atoms with Crippen molar-refractivity contribution < 1.29 is 9.47 Å². The maximum Gasteiger partial charge on any atom is 0.123 e. The lowest BCUT2D eigenvalue weighted by Gasteiger charge is -2.23. The Morgan fingerprint density at radius 3 is 2.94 bits per heavy atom. The number of hydrogen-bond acceptors (Lipinski definition) is 3. The van der Waals surface area contributed by atoms with Crippen LogP contribution < -0.4 is 10.5 Å². The number of fused-ring (bicyclic) bond motifs is 1. The van der Waals surface area contributed by atoms with Crippen LogP contribution in [-0.2, 0) is 11.2 Å². The summed E-state index contributed by atoms with van der Waals surface area (Å²) in [4.78, 5) is 0. The predicted octanol–water partition coefficient (Wildman–Crippen LogP) is 1.35. The molecule has 1 saturated heterocycles. The van der Waals surface area contributed by atoms with Crippen LogP contribution in [0.25, 0.3) is 0 Å². The standard InChI is InChI=1S/C13H17NO2/c14-13(10-5-6-15-8-10)12-7-9-3-1-2-4-11(9)16-12/h1-4,10,12-13H,5-8,14H2. The van der Waals surface area contributed by atoms with Gasteiger partial charge in [0.1, 0.15) is 11.9 Å². The van der Waals surface area contributed by atoms with Crippen LogP contribution in [0.2, 0.25) is 0 Å². The van der Waals surface area contributed by atoms with Crippen LogP contribution in [0, 0.1) is 5.92 Å². The molecule has 0 amide bonds. The summed E-state index contributed by atoms with van der Waals surface area (Å²) in [6.07, 6.45) is 2.13. The first-order valence-corrected chi connectivity index (χ1v) is 5.92. The topological polar surface area (TPSA) is 44.5 Å². The fourth-order valence-corrected chi connectivity index (χ4v) is 2.58. The quantitative estimate of drug-likeness (QED) is 0.816. The van der Waals surface area contributed by atoms with E-state index in [2.05, 4.69) is 12.1 Å². The fourth-order valence-electron chi connectivity index (χ4n) is 2.58. The second kappa shape index (κ2) is 4.07.